The summed E-state index contributed by atoms with van der Waals surface area (Å²) in [6.07, 6.45) is 2.98. The number of hydrogen-bond acceptors (Lipinski definition) is 4. The number of benzene rings is 1. The van der Waals surface area contributed by atoms with Gasteiger partial charge in [0.05, 0.1) is 16.7 Å². The predicted octanol–water partition coefficient (Wildman–Crippen LogP) is 1.60. The lowest BCUT2D eigenvalue weighted by atomic mass is 9.97. The summed E-state index contributed by atoms with van der Waals surface area (Å²) >= 11 is 0. The van der Waals surface area contributed by atoms with E-state index in [0.29, 0.717) is 32.2 Å². The topological polar surface area (TPSA) is 104 Å². The SMILES string of the molecule is O=C(N[C@H]1CCC[C@H]1C(=O)O)C1CCCN(S(=O)(=O)c2ccc(F)cc2)C1. The quantitative estimate of drug-likeness (QED) is 0.784. The average molecular weight is 398 g/mol. The summed E-state index contributed by atoms with van der Waals surface area (Å²) in [6, 6.07) is 4.20. The molecule has 9 heteroatoms. The fourth-order valence-corrected chi connectivity index (χ4v) is 5.38. The van der Waals surface area contributed by atoms with Crippen molar-refractivity contribution in [3.63, 3.8) is 0 Å². The minimum Gasteiger partial charge on any atom is -0.481 e. The first-order chi connectivity index (χ1) is 12.8. The molecule has 1 aromatic carbocycles. The van der Waals surface area contributed by atoms with Crippen molar-refractivity contribution in [1.82, 2.24) is 9.62 Å². The Labute approximate surface area is 157 Å². The van der Waals surface area contributed by atoms with Crippen molar-refractivity contribution in [3.05, 3.63) is 30.1 Å². The van der Waals surface area contributed by atoms with E-state index in [1.54, 1.807) is 0 Å². The lowest BCUT2D eigenvalue weighted by Gasteiger charge is -2.32. The van der Waals surface area contributed by atoms with E-state index in [0.717, 1.165) is 18.6 Å². The van der Waals surface area contributed by atoms with Gasteiger partial charge in [-0.05, 0) is 49.9 Å². The van der Waals surface area contributed by atoms with Crippen LogP contribution in [0.3, 0.4) is 0 Å². The number of piperidine rings is 1. The molecule has 0 aromatic heterocycles. The van der Waals surface area contributed by atoms with Crippen LogP contribution in [-0.4, -0.2) is 48.8 Å². The zero-order valence-corrected chi connectivity index (χ0v) is 15.6. The highest BCUT2D eigenvalue weighted by Crippen LogP contribution is 2.28. The molecule has 2 N–H and O–H groups in total. The number of amides is 1. The van der Waals surface area contributed by atoms with Gasteiger partial charge in [0.25, 0.3) is 0 Å². The van der Waals surface area contributed by atoms with Crippen molar-refractivity contribution >= 4 is 21.9 Å². The number of carboxylic acid groups (broad SMARTS) is 1. The van der Waals surface area contributed by atoms with E-state index >= 15 is 0 Å². The Kier molecular flexibility index (Phi) is 5.81. The zero-order chi connectivity index (χ0) is 19.6. The van der Waals surface area contributed by atoms with E-state index in [9.17, 15) is 27.5 Å². The molecule has 3 rings (SSSR count). The number of carbonyl (C=O) groups is 2. The Balaban J connectivity index is 1.67. The molecule has 1 aromatic rings. The van der Waals surface area contributed by atoms with Crippen LogP contribution in [0.1, 0.15) is 32.1 Å². The third-order valence-electron chi connectivity index (χ3n) is 5.37. The molecule has 148 valence electrons. The normalized spacial score (nSPS) is 26.6. The Morgan fingerprint density at radius 3 is 2.48 bits per heavy atom. The maximum Gasteiger partial charge on any atom is 0.308 e. The van der Waals surface area contributed by atoms with Gasteiger partial charge in [-0.15, -0.1) is 0 Å². The number of hydrogen-bond donors (Lipinski definition) is 2. The third kappa shape index (κ3) is 4.30. The first kappa shape index (κ1) is 19.8. The average Bonchev–Trinajstić information content (AvgIpc) is 3.10. The molecular formula is C18H23FN2O5S. The number of nitrogens with zero attached hydrogens (tertiary/aromatic N) is 1. The molecule has 0 spiro atoms. The summed E-state index contributed by atoms with van der Waals surface area (Å²) in [5, 5.41) is 12.0. The molecule has 27 heavy (non-hydrogen) atoms. The van der Waals surface area contributed by atoms with Gasteiger partial charge in [0.15, 0.2) is 0 Å². The highest BCUT2D eigenvalue weighted by atomic mass is 32.2. The van der Waals surface area contributed by atoms with Crippen LogP contribution in [0.2, 0.25) is 0 Å². The highest BCUT2D eigenvalue weighted by Gasteiger charge is 2.37. The molecule has 1 aliphatic heterocycles. The van der Waals surface area contributed by atoms with Crippen molar-refractivity contribution in [1.29, 1.82) is 0 Å². The molecule has 3 atom stereocenters. The van der Waals surface area contributed by atoms with E-state index in [1.807, 2.05) is 0 Å². The van der Waals surface area contributed by atoms with Gasteiger partial charge in [0.1, 0.15) is 5.82 Å². The van der Waals surface area contributed by atoms with Gasteiger partial charge in [-0.25, -0.2) is 12.8 Å². The number of rotatable bonds is 5. The van der Waals surface area contributed by atoms with Gasteiger partial charge in [-0.3, -0.25) is 9.59 Å². The Morgan fingerprint density at radius 1 is 1.11 bits per heavy atom. The van der Waals surface area contributed by atoms with Crippen LogP contribution in [0.15, 0.2) is 29.2 Å². The molecule has 1 saturated heterocycles. The second kappa shape index (κ2) is 7.93. The van der Waals surface area contributed by atoms with Crippen molar-refractivity contribution in [2.75, 3.05) is 13.1 Å². The number of aliphatic carboxylic acids is 1. The Hall–Kier alpha value is -2.00. The van der Waals surface area contributed by atoms with Crippen LogP contribution in [0.5, 0.6) is 0 Å². The number of sulfonamides is 1. The van der Waals surface area contributed by atoms with Gasteiger partial charge in [-0.2, -0.15) is 4.31 Å². The lowest BCUT2D eigenvalue weighted by Crippen LogP contribution is -2.48. The number of carbonyl (C=O) groups excluding carboxylic acids is 1. The molecule has 2 aliphatic rings. The van der Waals surface area contributed by atoms with Crippen molar-refractivity contribution in [3.8, 4) is 0 Å². The van der Waals surface area contributed by atoms with Crippen LogP contribution in [0.25, 0.3) is 0 Å². The summed E-state index contributed by atoms with van der Waals surface area (Å²) < 4.78 is 39.8. The first-order valence-corrected chi connectivity index (χ1v) is 10.5. The Bertz CT molecular complexity index is 812. The van der Waals surface area contributed by atoms with Crippen molar-refractivity contribution < 1.29 is 27.5 Å². The van der Waals surface area contributed by atoms with Gasteiger partial charge in [0, 0.05) is 19.1 Å². The lowest BCUT2D eigenvalue weighted by molar-refractivity contribution is -0.142. The molecule has 1 unspecified atom stereocenters. The number of halogens is 1. The summed E-state index contributed by atoms with van der Waals surface area (Å²) in [7, 11) is -3.80. The smallest absolute Gasteiger partial charge is 0.308 e. The standard InChI is InChI=1S/C18H23FN2O5S/c19-13-6-8-14(9-7-13)27(25,26)21-10-2-3-12(11-21)17(22)20-16-5-1-4-15(16)18(23)24/h6-9,12,15-16H,1-5,10-11H2,(H,20,22)(H,23,24)/t12?,15-,16+/m1/s1. The van der Waals surface area contributed by atoms with Gasteiger partial charge >= 0.3 is 5.97 Å². The van der Waals surface area contributed by atoms with E-state index in [1.165, 1.54) is 16.4 Å². The summed E-state index contributed by atoms with van der Waals surface area (Å²) in [6.45, 7) is 0.334. The van der Waals surface area contributed by atoms with Gasteiger partial charge in [-0.1, -0.05) is 6.42 Å². The summed E-state index contributed by atoms with van der Waals surface area (Å²) in [5.41, 5.74) is 0. The maximum absolute atomic E-state index is 13.1. The second-order valence-electron chi connectivity index (χ2n) is 7.15. The maximum atomic E-state index is 13.1. The molecule has 2 fully saturated rings. The summed E-state index contributed by atoms with van der Waals surface area (Å²) in [4.78, 5) is 23.9. The first-order valence-electron chi connectivity index (χ1n) is 9.08. The largest absolute Gasteiger partial charge is 0.481 e. The molecule has 1 amide bonds. The number of carboxylic acids is 1. The Morgan fingerprint density at radius 2 is 1.81 bits per heavy atom. The summed E-state index contributed by atoms with van der Waals surface area (Å²) in [5.74, 6) is -2.84. The minimum absolute atomic E-state index is 0.00769. The van der Waals surface area contributed by atoms with Crippen LogP contribution >= 0.6 is 0 Å². The fourth-order valence-electron chi connectivity index (χ4n) is 3.86. The van der Waals surface area contributed by atoms with Crippen LogP contribution in [0, 0.1) is 17.7 Å². The van der Waals surface area contributed by atoms with E-state index in [-0.39, 0.29) is 17.3 Å². The minimum atomic E-state index is -3.80. The molecule has 7 nitrogen and oxygen atoms in total. The molecule has 0 bridgehead atoms. The molecule has 0 radical (unpaired) electrons. The van der Waals surface area contributed by atoms with E-state index < -0.39 is 39.7 Å². The fraction of sp³-hybridized carbons (Fsp3) is 0.556. The van der Waals surface area contributed by atoms with Crippen LogP contribution in [-0.2, 0) is 19.6 Å². The number of nitrogens with one attached hydrogen (secondary N) is 1. The highest BCUT2D eigenvalue weighted by molar-refractivity contribution is 7.89. The molecule has 1 heterocycles. The van der Waals surface area contributed by atoms with Crippen molar-refractivity contribution in [2.24, 2.45) is 11.8 Å². The van der Waals surface area contributed by atoms with Crippen LogP contribution < -0.4 is 5.32 Å². The second-order valence-corrected chi connectivity index (χ2v) is 9.08. The third-order valence-corrected chi connectivity index (χ3v) is 7.25. The van der Waals surface area contributed by atoms with E-state index in [2.05, 4.69) is 5.32 Å². The van der Waals surface area contributed by atoms with E-state index in [4.69, 9.17) is 0 Å². The monoisotopic (exact) mass is 398 g/mol. The van der Waals surface area contributed by atoms with Gasteiger partial charge < -0.3 is 10.4 Å². The molecule has 1 aliphatic carbocycles. The van der Waals surface area contributed by atoms with Gasteiger partial charge in [0.2, 0.25) is 15.9 Å². The zero-order valence-electron chi connectivity index (χ0n) is 14.8. The predicted molar refractivity (Wildman–Crippen MR) is 94.8 cm³/mol. The van der Waals surface area contributed by atoms with Crippen LogP contribution in [0.4, 0.5) is 4.39 Å². The molecule has 1 saturated carbocycles. The van der Waals surface area contributed by atoms with Crippen molar-refractivity contribution in [2.45, 2.75) is 43.0 Å². The molecular weight excluding hydrogens is 375 g/mol.